The number of benzene rings is 3. The quantitative estimate of drug-likeness (QED) is 0.482. The highest BCUT2D eigenvalue weighted by molar-refractivity contribution is 5.88. The smallest absolute Gasteiger partial charge is 0.243 e. The number of ether oxygens (including phenoxy) is 1. The average molecular weight is 459 g/mol. The molecule has 34 heavy (non-hydrogen) atoms. The van der Waals surface area contributed by atoms with Crippen LogP contribution < -0.4 is 10.1 Å². The second-order valence-electron chi connectivity index (χ2n) is 8.65. The van der Waals surface area contributed by atoms with E-state index in [1.54, 1.807) is 12.0 Å². The fourth-order valence-corrected chi connectivity index (χ4v) is 4.26. The minimum Gasteiger partial charge on any atom is -0.497 e. The molecule has 3 aromatic rings. The van der Waals surface area contributed by atoms with Crippen LogP contribution in [0.25, 0.3) is 0 Å². The lowest BCUT2D eigenvalue weighted by atomic mass is 10.0. The first-order chi connectivity index (χ1) is 16.4. The van der Waals surface area contributed by atoms with Crippen LogP contribution in [-0.2, 0) is 29.0 Å². The number of hydrogen-bond donors (Lipinski definition) is 1. The number of carbonyl (C=O) groups is 2. The molecule has 1 atom stereocenters. The molecule has 0 heterocycles. The highest BCUT2D eigenvalue weighted by atomic mass is 16.5. The van der Waals surface area contributed by atoms with Crippen molar-refractivity contribution >= 4 is 11.8 Å². The summed E-state index contributed by atoms with van der Waals surface area (Å²) in [5, 5.41) is 2.93. The van der Waals surface area contributed by atoms with Gasteiger partial charge < -0.3 is 15.0 Å². The van der Waals surface area contributed by atoms with Gasteiger partial charge in [-0.05, 0) is 49.6 Å². The van der Waals surface area contributed by atoms with Gasteiger partial charge in [0.05, 0.1) is 13.5 Å². The topological polar surface area (TPSA) is 58.6 Å². The molecule has 0 saturated carbocycles. The summed E-state index contributed by atoms with van der Waals surface area (Å²) < 4.78 is 5.38. The minimum atomic E-state index is -0.632. The van der Waals surface area contributed by atoms with Crippen LogP contribution in [0, 0.1) is 13.8 Å². The van der Waals surface area contributed by atoms with E-state index in [0.29, 0.717) is 19.5 Å². The van der Waals surface area contributed by atoms with Gasteiger partial charge in [0.15, 0.2) is 0 Å². The molecule has 0 aliphatic carbocycles. The molecule has 0 saturated heterocycles. The standard InChI is InChI=1S/C29H34N2O3/c1-5-30-29(33)27(18-23-10-7-6-8-11-23)31(20-24-12-9-13-26(17-24)34-4)28(32)19-25-15-21(2)14-22(3)16-25/h6-17,27H,5,18-20H2,1-4H3,(H,30,33). The second kappa shape index (κ2) is 12.0. The Morgan fingerprint density at radius 3 is 2.21 bits per heavy atom. The zero-order valence-electron chi connectivity index (χ0n) is 20.5. The summed E-state index contributed by atoms with van der Waals surface area (Å²) in [6.07, 6.45) is 0.673. The van der Waals surface area contributed by atoms with E-state index in [9.17, 15) is 9.59 Å². The third-order valence-corrected chi connectivity index (χ3v) is 5.75. The van der Waals surface area contributed by atoms with E-state index >= 15 is 0 Å². The Hall–Kier alpha value is -3.60. The molecule has 5 heteroatoms. The Bertz CT molecular complexity index is 1090. The third-order valence-electron chi connectivity index (χ3n) is 5.75. The number of nitrogens with zero attached hydrogens (tertiary/aromatic N) is 1. The molecule has 5 nitrogen and oxygen atoms in total. The number of hydrogen-bond acceptors (Lipinski definition) is 3. The van der Waals surface area contributed by atoms with Gasteiger partial charge in [-0.25, -0.2) is 0 Å². The lowest BCUT2D eigenvalue weighted by molar-refractivity contribution is -0.140. The van der Waals surface area contributed by atoms with Gasteiger partial charge in [-0.3, -0.25) is 9.59 Å². The first-order valence-corrected chi connectivity index (χ1v) is 11.7. The van der Waals surface area contributed by atoms with Crippen LogP contribution in [0.3, 0.4) is 0 Å². The van der Waals surface area contributed by atoms with Crippen molar-refractivity contribution in [1.29, 1.82) is 0 Å². The molecule has 178 valence electrons. The Labute approximate surface area is 202 Å². The molecule has 1 N–H and O–H groups in total. The fraction of sp³-hybridized carbons (Fsp3) is 0.310. The lowest BCUT2D eigenvalue weighted by Gasteiger charge is -2.31. The predicted molar refractivity (Wildman–Crippen MR) is 136 cm³/mol. The molecule has 0 aliphatic rings. The maximum Gasteiger partial charge on any atom is 0.243 e. The molecule has 0 fully saturated rings. The SMILES string of the molecule is CCNC(=O)C(Cc1ccccc1)N(Cc1cccc(OC)c1)C(=O)Cc1cc(C)cc(C)c1. The number of carbonyl (C=O) groups excluding carboxylic acids is 2. The molecule has 2 amide bonds. The summed E-state index contributed by atoms with van der Waals surface area (Å²) in [7, 11) is 1.62. The van der Waals surface area contributed by atoms with Gasteiger partial charge >= 0.3 is 0 Å². The molecule has 0 radical (unpaired) electrons. The molecular weight excluding hydrogens is 424 g/mol. The predicted octanol–water partition coefficient (Wildman–Crippen LogP) is 4.63. The summed E-state index contributed by atoms with van der Waals surface area (Å²) in [4.78, 5) is 28.7. The van der Waals surface area contributed by atoms with Gasteiger partial charge in [0.25, 0.3) is 0 Å². The first-order valence-electron chi connectivity index (χ1n) is 11.7. The normalized spacial score (nSPS) is 11.5. The average Bonchev–Trinajstić information content (AvgIpc) is 2.81. The minimum absolute atomic E-state index is 0.0833. The number of amides is 2. The Kier molecular flexibility index (Phi) is 8.86. The van der Waals surface area contributed by atoms with Crippen LogP contribution in [0.5, 0.6) is 5.75 Å². The second-order valence-corrected chi connectivity index (χ2v) is 8.65. The van der Waals surface area contributed by atoms with Crippen LogP contribution in [-0.4, -0.2) is 36.4 Å². The van der Waals surface area contributed by atoms with Gasteiger partial charge in [-0.2, -0.15) is 0 Å². The van der Waals surface area contributed by atoms with Gasteiger partial charge in [0, 0.05) is 19.5 Å². The number of likely N-dealkylation sites (N-methyl/N-ethyl adjacent to an activating group) is 1. The van der Waals surface area contributed by atoms with E-state index in [1.165, 1.54) is 0 Å². The summed E-state index contributed by atoms with van der Waals surface area (Å²) in [5.41, 5.74) is 5.11. The summed E-state index contributed by atoms with van der Waals surface area (Å²) in [6, 6.07) is 23.0. The highest BCUT2D eigenvalue weighted by Crippen LogP contribution is 2.20. The number of methoxy groups -OCH3 is 1. The number of nitrogens with one attached hydrogen (secondary N) is 1. The van der Waals surface area contributed by atoms with Gasteiger partial charge in [0.1, 0.15) is 11.8 Å². The van der Waals surface area contributed by atoms with Crippen LogP contribution >= 0.6 is 0 Å². The molecule has 0 spiro atoms. The van der Waals surface area contributed by atoms with Crippen molar-refractivity contribution in [2.75, 3.05) is 13.7 Å². The fourth-order valence-electron chi connectivity index (χ4n) is 4.26. The lowest BCUT2D eigenvalue weighted by Crippen LogP contribution is -2.50. The molecule has 0 bridgehead atoms. The molecular formula is C29H34N2O3. The molecule has 0 aromatic heterocycles. The first kappa shape index (κ1) is 25.0. The highest BCUT2D eigenvalue weighted by Gasteiger charge is 2.30. The molecule has 3 rings (SSSR count). The van der Waals surface area contributed by atoms with Crippen LogP contribution in [0.1, 0.15) is 34.7 Å². The van der Waals surface area contributed by atoms with Crippen molar-refractivity contribution < 1.29 is 14.3 Å². The molecule has 1 unspecified atom stereocenters. The maximum atomic E-state index is 13.7. The Morgan fingerprint density at radius 2 is 1.56 bits per heavy atom. The maximum absolute atomic E-state index is 13.7. The summed E-state index contributed by atoms with van der Waals surface area (Å²) in [5.74, 6) is 0.486. The van der Waals surface area contributed by atoms with Crippen molar-refractivity contribution in [2.24, 2.45) is 0 Å². The monoisotopic (exact) mass is 458 g/mol. The summed E-state index contributed by atoms with van der Waals surface area (Å²) >= 11 is 0. The van der Waals surface area contributed by atoms with E-state index in [2.05, 4.69) is 11.4 Å². The van der Waals surface area contributed by atoms with Crippen molar-refractivity contribution in [2.45, 2.75) is 46.2 Å². The van der Waals surface area contributed by atoms with Gasteiger partial charge in [0.2, 0.25) is 11.8 Å². The zero-order chi connectivity index (χ0) is 24.5. The Balaban J connectivity index is 1.98. The van der Waals surface area contributed by atoms with E-state index in [0.717, 1.165) is 33.6 Å². The van der Waals surface area contributed by atoms with Crippen LogP contribution in [0.4, 0.5) is 0 Å². The van der Waals surface area contributed by atoms with E-state index in [1.807, 2.05) is 87.5 Å². The van der Waals surface area contributed by atoms with Crippen molar-refractivity contribution in [1.82, 2.24) is 10.2 Å². The third kappa shape index (κ3) is 6.95. The Morgan fingerprint density at radius 1 is 0.882 bits per heavy atom. The van der Waals surface area contributed by atoms with E-state index < -0.39 is 6.04 Å². The van der Waals surface area contributed by atoms with Crippen LogP contribution in [0.15, 0.2) is 72.8 Å². The van der Waals surface area contributed by atoms with E-state index in [4.69, 9.17) is 4.74 Å². The number of rotatable bonds is 10. The van der Waals surface area contributed by atoms with Gasteiger partial charge in [-0.1, -0.05) is 71.8 Å². The van der Waals surface area contributed by atoms with Gasteiger partial charge in [-0.15, -0.1) is 0 Å². The van der Waals surface area contributed by atoms with Crippen LogP contribution in [0.2, 0.25) is 0 Å². The largest absolute Gasteiger partial charge is 0.497 e. The number of aryl methyl sites for hydroxylation is 2. The molecule has 3 aromatic carbocycles. The summed E-state index contributed by atoms with van der Waals surface area (Å²) in [6.45, 7) is 6.77. The van der Waals surface area contributed by atoms with E-state index in [-0.39, 0.29) is 18.2 Å². The molecule has 0 aliphatic heterocycles. The van der Waals surface area contributed by atoms with Crippen molar-refractivity contribution in [3.05, 3.63) is 101 Å². The van der Waals surface area contributed by atoms with Crippen molar-refractivity contribution in [3.63, 3.8) is 0 Å². The van der Waals surface area contributed by atoms with Crippen molar-refractivity contribution in [3.8, 4) is 5.75 Å². The zero-order valence-corrected chi connectivity index (χ0v) is 20.5.